The van der Waals surface area contributed by atoms with Gasteiger partial charge in [-0.25, -0.2) is 0 Å². The van der Waals surface area contributed by atoms with Crippen LogP contribution in [0.2, 0.25) is 0 Å². The van der Waals surface area contributed by atoms with Gasteiger partial charge >= 0.3 is 0 Å². The molecule has 0 bridgehead atoms. The van der Waals surface area contributed by atoms with Crippen LogP contribution in [0.1, 0.15) is 22.7 Å². The monoisotopic (exact) mass is 216 g/mol. The van der Waals surface area contributed by atoms with E-state index in [9.17, 15) is 0 Å². The average molecular weight is 216 g/mol. The van der Waals surface area contributed by atoms with Crippen LogP contribution in [0.15, 0.2) is 30.9 Å². The van der Waals surface area contributed by atoms with E-state index in [0.717, 1.165) is 17.5 Å². The second-order valence-electron chi connectivity index (χ2n) is 4.07. The van der Waals surface area contributed by atoms with E-state index in [1.54, 1.807) is 10.9 Å². The summed E-state index contributed by atoms with van der Waals surface area (Å²) in [6.45, 7) is 2.06. The lowest BCUT2D eigenvalue weighted by atomic mass is 10.00. The van der Waals surface area contributed by atoms with Gasteiger partial charge in [0, 0.05) is 31.7 Å². The molecular weight excluding hydrogens is 200 g/mol. The summed E-state index contributed by atoms with van der Waals surface area (Å²) in [6, 6.07) is 1.97. The Bertz CT molecular complexity index is 475. The van der Waals surface area contributed by atoms with E-state index in [1.165, 1.54) is 5.56 Å². The molecule has 2 heterocycles. The number of rotatable bonds is 3. The Morgan fingerprint density at radius 3 is 2.88 bits per heavy atom. The van der Waals surface area contributed by atoms with Gasteiger partial charge in [-0.1, -0.05) is 0 Å². The summed E-state index contributed by atoms with van der Waals surface area (Å²) >= 11 is 0. The number of hydrogen-bond donors (Lipinski definition) is 1. The predicted molar refractivity (Wildman–Crippen MR) is 62.8 cm³/mol. The molecule has 0 aliphatic heterocycles. The molecule has 2 N–H and O–H groups in total. The lowest BCUT2D eigenvalue weighted by Crippen LogP contribution is -2.14. The third-order valence-corrected chi connectivity index (χ3v) is 2.69. The smallest absolute Gasteiger partial charge is 0.0522 e. The zero-order valence-corrected chi connectivity index (χ0v) is 9.59. The first-order chi connectivity index (χ1) is 7.66. The van der Waals surface area contributed by atoms with Crippen LogP contribution < -0.4 is 5.73 Å². The fourth-order valence-electron chi connectivity index (χ4n) is 1.81. The van der Waals surface area contributed by atoms with Gasteiger partial charge in [-0.15, -0.1) is 0 Å². The SMILES string of the molecule is Cc1ccncc1C(N)Cc1cnn(C)c1. The highest BCUT2D eigenvalue weighted by Crippen LogP contribution is 2.17. The molecule has 2 rings (SSSR count). The molecule has 1 unspecified atom stereocenters. The number of hydrogen-bond acceptors (Lipinski definition) is 3. The maximum Gasteiger partial charge on any atom is 0.0522 e. The Kier molecular flexibility index (Phi) is 3.01. The van der Waals surface area contributed by atoms with Crippen molar-refractivity contribution in [3.8, 4) is 0 Å². The summed E-state index contributed by atoms with van der Waals surface area (Å²) < 4.78 is 1.79. The number of nitrogens with zero attached hydrogens (tertiary/aromatic N) is 3. The van der Waals surface area contributed by atoms with E-state index in [2.05, 4.69) is 17.0 Å². The van der Waals surface area contributed by atoms with Crippen LogP contribution in [0, 0.1) is 6.92 Å². The van der Waals surface area contributed by atoms with E-state index in [-0.39, 0.29) is 6.04 Å². The zero-order chi connectivity index (χ0) is 11.5. The third-order valence-electron chi connectivity index (χ3n) is 2.69. The van der Waals surface area contributed by atoms with Crippen molar-refractivity contribution < 1.29 is 0 Å². The minimum Gasteiger partial charge on any atom is -0.324 e. The van der Waals surface area contributed by atoms with Crippen LogP contribution in [0.3, 0.4) is 0 Å². The quantitative estimate of drug-likeness (QED) is 0.843. The van der Waals surface area contributed by atoms with Gasteiger partial charge in [0.1, 0.15) is 0 Å². The van der Waals surface area contributed by atoms with Gasteiger partial charge < -0.3 is 5.73 Å². The van der Waals surface area contributed by atoms with E-state index in [0.29, 0.717) is 0 Å². The van der Waals surface area contributed by atoms with Gasteiger partial charge in [0.15, 0.2) is 0 Å². The molecule has 0 aliphatic rings. The van der Waals surface area contributed by atoms with E-state index in [1.807, 2.05) is 31.7 Å². The number of pyridine rings is 1. The van der Waals surface area contributed by atoms with Crippen LogP contribution in [0.5, 0.6) is 0 Å². The molecule has 0 fully saturated rings. The molecular formula is C12H16N4. The number of aromatic nitrogens is 3. The second kappa shape index (κ2) is 4.45. The molecule has 2 aromatic rings. The van der Waals surface area contributed by atoms with Crippen LogP contribution >= 0.6 is 0 Å². The molecule has 0 spiro atoms. The van der Waals surface area contributed by atoms with Crippen LogP contribution in [0.4, 0.5) is 0 Å². The Morgan fingerprint density at radius 2 is 2.25 bits per heavy atom. The van der Waals surface area contributed by atoms with Gasteiger partial charge in [0.2, 0.25) is 0 Å². The number of aryl methyl sites for hydroxylation is 2. The lowest BCUT2D eigenvalue weighted by molar-refractivity contribution is 0.710. The van der Waals surface area contributed by atoms with Crippen molar-refractivity contribution in [3.63, 3.8) is 0 Å². The highest BCUT2D eigenvalue weighted by atomic mass is 15.2. The highest BCUT2D eigenvalue weighted by molar-refractivity contribution is 5.26. The van der Waals surface area contributed by atoms with Crippen molar-refractivity contribution in [3.05, 3.63) is 47.5 Å². The van der Waals surface area contributed by atoms with E-state index < -0.39 is 0 Å². The Balaban J connectivity index is 2.14. The summed E-state index contributed by atoms with van der Waals surface area (Å²) in [7, 11) is 1.91. The molecule has 0 amide bonds. The molecule has 84 valence electrons. The molecule has 4 heteroatoms. The van der Waals surface area contributed by atoms with E-state index in [4.69, 9.17) is 5.73 Å². The molecule has 4 nitrogen and oxygen atoms in total. The number of nitrogens with two attached hydrogens (primary N) is 1. The van der Waals surface area contributed by atoms with Crippen LogP contribution in [-0.4, -0.2) is 14.8 Å². The predicted octanol–water partition coefficient (Wildman–Crippen LogP) is 1.37. The Hall–Kier alpha value is -1.68. The standard InChI is InChI=1S/C12H16N4/c1-9-3-4-14-7-11(9)12(13)5-10-6-15-16(2)8-10/h3-4,6-8,12H,5,13H2,1-2H3. The van der Waals surface area contributed by atoms with Gasteiger partial charge in [-0.2, -0.15) is 5.10 Å². The highest BCUT2D eigenvalue weighted by Gasteiger charge is 2.10. The summed E-state index contributed by atoms with van der Waals surface area (Å²) in [5, 5.41) is 4.13. The molecule has 0 radical (unpaired) electrons. The minimum atomic E-state index is -0.0158. The first kappa shape index (κ1) is 10.8. The van der Waals surface area contributed by atoms with Crippen molar-refractivity contribution >= 4 is 0 Å². The molecule has 1 atom stereocenters. The average Bonchev–Trinajstić information content (AvgIpc) is 2.64. The van der Waals surface area contributed by atoms with Crippen LogP contribution in [0.25, 0.3) is 0 Å². The van der Waals surface area contributed by atoms with Gasteiger partial charge in [-0.3, -0.25) is 9.67 Å². The third kappa shape index (κ3) is 2.28. The summed E-state index contributed by atoms with van der Waals surface area (Å²) in [6.07, 6.45) is 8.27. The van der Waals surface area contributed by atoms with Crippen molar-refractivity contribution in [1.29, 1.82) is 0 Å². The van der Waals surface area contributed by atoms with Gasteiger partial charge in [0.25, 0.3) is 0 Å². The minimum absolute atomic E-state index is 0.0158. The topological polar surface area (TPSA) is 56.7 Å². The molecule has 0 saturated carbocycles. The Morgan fingerprint density at radius 1 is 1.44 bits per heavy atom. The maximum atomic E-state index is 6.16. The van der Waals surface area contributed by atoms with Crippen molar-refractivity contribution in [1.82, 2.24) is 14.8 Å². The fourth-order valence-corrected chi connectivity index (χ4v) is 1.81. The molecule has 0 aliphatic carbocycles. The first-order valence-electron chi connectivity index (χ1n) is 5.30. The largest absolute Gasteiger partial charge is 0.324 e. The Labute approximate surface area is 95.1 Å². The zero-order valence-electron chi connectivity index (χ0n) is 9.59. The molecule has 16 heavy (non-hydrogen) atoms. The lowest BCUT2D eigenvalue weighted by Gasteiger charge is -2.12. The van der Waals surface area contributed by atoms with E-state index >= 15 is 0 Å². The van der Waals surface area contributed by atoms with Gasteiger partial charge in [0.05, 0.1) is 6.20 Å². The normalized spacial score (nSPS) is 12.7. The summed E-state index contributed by atoms with van der Waals surface area (Å²) in [4.78, 5) is 4.11. The maximum absolute atomic E-state index is 6.16. The summed E-state index contributed by atoms with van der Waals surface area (Å²) in [5.74, 6) is 0. The van der Waals surface area contributed by atoms with Crippen LogP contribution in [-0.2, 0) is 13.5 Å². The van der Waals surface area contributed by atoms with Crippen molar-refractivity contribution in [2.75, 3.05) is 0 Å². The second-order valence-corrected chi connectivity index (χ2v) is 4.07. The first-order valence-corrected chi connectivity index (χ1v) is 5.30. The molecule has 2 aromatic heterocycles. The molecule has 0 aromatic carbocycles. The molecule has 0 saturated heterocycles. The summed E-state index contributed by atoms with van der Waals surface area (Å²) in [5.41, 5.74) is 9.60. The van der Waals surface area contributed by atoms with Gasteiger partial charge in [-0.05, 0) is 36.1 Å². The fraction of sp³-hybridized carbons (Fsp3) is 0.333. The van der Waals surface area contributed by atoms with Crippen molar-refractivity contribution in [2.24, 2.45) is 12.8 Å². The van der Waals surface area contributed by atoms with Crippen molar-refractivity contribution in [2.45, 2.75) is 19.4 Å².